The summed E-state index contributed by atoms with van der Waals surface area (Å²) >= 11 is 0. The van der Waals surface area contributed by atoms with E-state index >= 15 is 0 Å². The zero-order valence-electron chi connectivity index (χ0n) is 14.1. The number of carbonyl (C=O) groups excluding carboxylic acids is 1. The molecule has 2 aliphatic heterocycles. The Hall–Kier alpha value is -1.48. The molecule has 2 aliphatic rings. The fourth-order valence-electron chi connectivity index (χ4n) is 3.51. The zero-order chi connectivity index (χ0) is 15.6. The second-order valence-electron chi connectivity index (χ2n) is 7.14. The fraction of sp³-hybridized carbons (Fsp3) is 0.526. The Bertz CT molecular complexity index is 587. The van der Waals surface area contributed by atoms with Crippen molar-refractivity contribution in [1.29, 1.82) is 0 Å². The van der Waals surface area contributed by atoms with E-state index in [9.17, 15) is 4.79 Å². The van der Waals surface area contributed by atoms with Crippen LogP contribution in [0, 0.1) is 0 Å². The van der Waals surface area contributed by atoms with E-state index in [2.05, 4.69) is 37.4 Å². The minimum absolute atomic E-state index is 0. The lowest BCUT2D eigenvalue weighted by molar-refractivity contribution is -0.125. The van der Waals surface area contributed by atoms with E-state index in [-0.39, 0.29) is 23.9 Å². The monoisotopic (exact) mass is 333 g/mol. The van der Waals surface area contributed by atoms with E-state index in [0.717, 1.165) is 38.0 Å². The first-order valence-corrected chi connectivity index (χ1v) is 8.42. The predicted octanol–water partition coefficient (Wildman–Crippen LogP) is 0.358. The minimum atomic E-state index is -0.0146. The largest absolute Gasteiger partial charge is 1.00 e. The molecule has 0 aromatic heterocycles. The average Bonchev–Trinajstić information content (AvgIpc) is 2.75. The van der Waals surface area contributed by atoms with Crippen LogP contribution >= 0.6 is 0 Å². The van der Waals surface area contributed by atoms with E-state index in [1.807, 2.05) is 17.0 Å². The van der Waals surface area contributed by atoms with Gasteiger partial charge in [0.2, 0.25) is 5.91 Å². The van der Waals surface area contributed by atoms with Crippen molar-refractivity contribution in [2.24, 2.45) is 0 Å². The molecule has 1 amide bonds. The van der Waals surface area contributed by atoms with Crippen molar-refractivity contribution in [2.45, 2.75) is 51.5 Å². The molecule has 0 spiro atoms. The summed E-state index contributed by atoms with van der Waals surface area (Å²) in [4.78, 5) is 14.7. The van der Waals surface area contributed by atoms with Crippen LogP contribution in [0.4, 0.5) is 0 Å². The Morgan fingerprint density at radius 3 is 2.48 bits per heavy atom. The molecule has 1 saturated heterocycles. The van der Waals surface area contributed by atoms with Crippen molar-refractivity contribution in [3.63, 3.8) is 0 Å². The van der Waals surface area contributed by atoms with Crippen LogP contribution in [-0.2, 0) is 11.2 Å². The smallest absolute Gasteiger partial charge is 0.248 e. The highest BCUT2D eigenvalue weighted by atomic mass is 35.5. The number of nitrogens with zero attached hydrogens (tertiary/aromatic N) is 1. The number of amides is 1. The van der Waals surface area contributed by atoms with Crippen molar-refractivity contribution >= 4 is 11.6 Å². The molecule has 3 rings (SSSR count). The number of fused-ring (bicyclic) bond motifs is 1. The first-order chi connectivity index (χ1) is 10.6. The van der Waals surface area contributed by atoms with Crippen molar-refractivity contribution in [1.82, 2.24) is 10.2 Å². The van der Waals surface area contributed by atoms with Crippen molar-refractivity contribution in [2.75, 3.05) is 13.1 Å². The summed E-state index contributed by atoms with van der Waals surface area (Å²) in [7, 11) is 0. The highest BCUT2D eigenvalue weighted by Crippen LogP contribution is 2.29. The molecule has 23 heavy (non-hydrogen) atoms. The summed E-state index contributed by atoms with van der Waals surface area (Å²) in [6.45, 7) is 6.17. The third-order valence-electron chi connectivity index (χ3n) is 4.60. The Morgan fingerprint density at radius 1 is 1.13 bits per heavy atom. The molecule has 0 radical (unpaired) electrons. The molecule has 0 saturated carbocycles. The molecular weight excluding hydrogens is 308 g/mol. The second kappa shape index (κ2) is 7.39. The summed E-state index contributed by atoms with van der Waals surface area (Å²) in [6, 6.07) is 8.40. The number of rotatable bonds is 1. The maximum atomic E-state index is 12.6. The standard InChI is InChI=1S/C19H26N2O.ClH/c1-19(2)14-15-9-5-6-10-16(15)17(20-19)13-18(22)21-11-7-3-4-8-12-21;/h5-6,9-10,13,20H,3-4,7-8,11-12,14H2,1-2H3;1H/p-1/b17-13-;. The van der Waals surface area contributed by atoms with Crippen LogP contribution in [0.5, 0.6) is 0 Å². The van der Waals surface area contributed by atoms with Crippen LogP contribution in [0.1, 0.15) is 50.7 Å². The Morgan fingerprint density at radius 2 is 1.78 bits per heavy atom. The van der Waals surface area contributed by atoms with E-state index < -0.39 is 0 Å². The number of benzene rings is 1. The third kappa shape index (κ3) is 4.29. The van der Waals surface area contributed by atoms with Crippen molar-refractivity contribution in [3.8, 4) is 0 Å². The van der Waals surface area contributed by atoms with Gasteiger partial charge in [-0.3, -0.25) is 4.79 Å². The van der Waals surface area contributed by atoms with Gasteiger partial charge in [0, 0.05) is 36.0 Å². The molecule has 1 fully saturated rings. The van der Waals surface area contributed by atoms with Crippen molar-refractivity contribution in [3.05, 3.63) is 41.5 Å². The number of halogens is 1. The van der Waals surface area contributed by atoms with E-state index in [1.54, 1.807) is 0 Å². The van der Waals surface area contributed by atoms with Gasteiger partial charge in [0.25, 0.3) is 0 Å². The molecule has 4 heteroatoms. The minimum Gasteiger partial charge on any atom is -1.00 e. The molecule has 1 aromatic carbocycles. The van der Waals surface area contributed by atoms with Gasteiger partial charge in [-0.15, -0.1) is 0 Å². The third-order valence-corrected chi connectivity index (χ3v) is 4.60. The van der Waals surface area contributed by atoms with Crippen LogP contribution in [0.3, 0.4) is 0 Å². The van der Waals surface area contributed by atoms with Gasteiger partial charge in [0.05, 0.1) is 0 Å². The maximum Gasteiger partial charge on any atom is 0.248 e. The summed E-state index contributed by atoms with van der Waals surface area (Å²) in [5, 5.41) is 3.55. The van der Waals surface area contributed by atoms with Gasteiger partial charge in [-0.1, -0.05) is 37.1 Å². The quantitative estimate of drug-likeness (QED) is 0.753. The molecule has 1 N–H and O–H groups in total. The highest BCUT2D eigenvalue weighted by Gasteiger charge is 2.28. The van der Waals surface area contributed by atoms with Gasteiger partial charge in [-0.25, -0.2) is 0 Å². The van der Waals surface area contributed by atoms with Crippen LogP contribution in [-0.4, -0.2) is 29.4 Å². The van der Waals surface area contributed by atoms with Crippen LogP contribution in [0.2, 0.25) is 0 Å². The number of nitrogens with one attached hydrogen (secondary N) is 1. The van der Waals surface area contributed by atoms with Crippen LogP contribution in [0.15, 0.2) is 30.3 Å². The van der Waals surface area contributed by atoms with Gasteiger partial charge in [-0.05, 0) is 38.7 Å². The molecule has 126 valence electrons. The number of hydrogen-bond acceptors (Lipinski definition) is 2. The predicted molar refractivity (Wildman–Crippen MR) is 90.4 cm³/mol. The molecule has 0 atom stereocenters. The van der Waals surface area contributed by atoms with Gasteiger partial charge < -0.3 is 22.6 Å². The summed E-state index contributed by atoms with van der Waals surface area (Å²) < 4.78 is 0. The van der Waals surface area contributed by atoms with E-state index in [4.69, 9.17) is 0 Å². The Labute approximate surface area is 145 Å². The molecule has 3 nitrogen and oxygen atoms in total. The SMILES string of the molecule is CC1(C)Cc2ccccc2/C(=C/C(=O)N2CCCCCC2)N1.[Cl-]. The van der Waals surface area contributed by atoms with Crippen LogP contribution < -0.4 is 17.7 Å². The topological polar surface area (TPSA) is 32.3 Å². The van der Waals surface area contributed by atoms with Crippen molar-refractivity contribution < 1.29 is 17.2 Å². The average molecular weight is 334 g/mol. The summed E-state index contributed by atoms with van der Waals surface area (Å²) in [6.07, 6.45) is 7.54. The lowest BCUT2D eigenvalue weighted by atomic mass is 9.86. The molecule has 1 aromatic rings. The van der Waals surface area contributed by atoms with Gasteiger partial charge >= 0.3 is 0 Å². The number of carbonyl (C=O) groups is 1. The molecule has 2 heterocycles. The second-order valence-corrected chi connectivity index (χ2v) is 7.14. The Balaban J connectivity index is 0.00000192. The fourth-order valence-corrected chi connectivity index (χ4v) is 3.51. The van der Waals surface area contributed by atoms with E-state index in [0.29, 0.717) is 0 Å². The van der Waals surface area contributed by atoms with Gasteiger partial charge in [0.1, 0.15) is 0 Å². The lowest BCUT2D eigenvalue weighted by Crippen LogP contribution is -3.00. The summed E-state index contributed by atoms with van der Waals surface area (Å²) in [5.41, 5.74) is 3.45. The summed E-state index contributed by atoms with van der Waals surface area (Å²) in [5.74, 6) is 0.150. The lowest BCUT2D eigenvalue weighted by Gasteiger charge is -2.35. The molecule has 0 unspecified atom stereocenters. The van der Waals surface area contributed by atoms with E-state index in [1.165, 1.54) is 24.0 Å². The maximum absolute atomic E-state index is 12.6. The number of hydrogen-bond donors (Lipinski definition) is 1. The number of likely N-dealkylation sites (tertiary alicyclic amines) is 1. The van der Waals surface area contributed by atoms with Gasteiger partial charge in [-0.2, -0.15) is 0 Å². The molecular formula is C19H26ClN2O-. The Kier molecular flexibility index (Phi) is 5.74. The highest BCUT2D eigenvalue weighted by molar-refractivity contribution is 5.95. The zero-order valence-corrected chi connectivity index (χ0v) is 14.8. The normalized spacial score (nSPS) is 21.7. The van der Waals surface area contributed by atoms with Crippen LogP contribution in [0.25, 0.3) is 5.70 Å². The van der Waals surface area contributed by atoms with Gasteiger partial charge in [0.15, 0.2) is 0 Å². The first kappa shape index (κ1) is 17.9. The molecule has 0 bridgehead atoms. The molecule has 0 aliphatic carbocycles. The first-order valence-electron chi connectivity index (χ1n) is 8.42.